The molecule has 150 valence electrons. The standard InChI is InChI=1S/C18H33N3O4S/c1-5-6-10-26-17(21-15(22)13-8-7-9-19-11-13)16(23)20-14(12(2)3)18(24)25-4/h12-14,17,19H,5-11H2,1-4H3,(H,20,23)(H,21,22). The number of hydrogen-bond acceptors (Lipinski definition) is 6. The molecule has 0 spiro atoms. The molecule has 1 fully saturated rings. The van der Waals surface area contributed by atoms with E-state index in [1.807, 2.05) is 13.8 Å². The van der Waals surface area contributed by atoms with Crippen molar-refractivity contribution in [3.05, 3.63) is 0 Å². The number of carbonyl (C=O) groups excluding carboxylic acids is 3. The highest BCUT2D eigenvalue weighted by Crippen LogP contribution is 2.16. The first-order valence-electron chi connectivity index (χ1n) is 9.41. The Balaban J connectivity index is 2.74. The molecule has 1 heterocycles. The number of thioether (sulfide) groups is 1. The van der Waals surface area contributed by atoms with E-state index in [4.69, 9.17) is 4.74 Å². The molecule has 1 aliphatic heterocycles. The average Bonchev–Trinajstić information content (AvgIpc) is 2.64. The van der Waals surface area contributed by atoms with Crippen LogP contribution in [0.3, 0.4) is 0 Å². The number of unbranched alkanes of at least 4 members (excludes halogenated alkanes) is 1. The van der Waals surface area contributed by atoms with Crippen molar-refractivity contribution in [1.82, 2.24) is 16.0 Å². The Kier molecular flexibility index (Phi) is 10.7. The van der Waals surface area contributed by atoms with Gasteiger partial charge in [-0.2, -0.15) is 0 Å². The Hall–Kier alpha value is -1.28. The summed E-state index contributed by atoms with van der Waals surface area (Å²) in [6.45, 7) is 7.32. The van der Waals surface area contributed by atoms with Crippen LogP contribution in [0, 0.1) is 11.8 Å². The van der Waals surface area contributed by atoms with Gasteiger partial charge in [-0.25, -0.2) is 4.79 Å². The number of nitrogens with one attached hydrogen (secondary N) is 3. The maximum absolute atomic E-state index is 12.7. The maximum Gasteiger partial charge on any atom is 0.328 e. The smallest absolute Gasteiger partial charge is 0.328 e. The number of rotatable bonds is 10. The van der Waals surface area contributed by atoms with E-state index in [-0.39, 0.29) is 23.7 Å². The van der Waals surface area contributed by atoms with Crippen LogP contribution in [-0.2, 0) is 19.1 Å². The fraction of sp³-hybridized carbons (Fsp3) is 0.833. The van der Waals surface area contributed by atoms with Crippen LogP contribution in [-0.4, -0.2) is 55.2 Å². The van der Waals surface area contributed by atoms with Crippen LogP contribution >= 0.6 is 11.8 Å². The summed E-state index contributed by atoms with van der Waals surface area (Å²) in [4.78, 5) is 37.1. The fourth-order valence-electron chi connectivity index (χ4n) is 2.70. The van der Waals surface area contributed by atoms with Crippen molar-refractivity contribution in [2.24, 2.45) is 11.8 Å². The Bertz CT molecular complexity index is 467. The van der Waals surface area contributed by atoms with E-state index >= 15 is 0 Å². The zero-order chi connectivity index (χ0) is 19.5. The van der Waals surface area contributed by atoms with Crippen molar-refractivity contribution < 1.29 is 19.1 Å². The number of esters is 1. The van der Waals surface area contributed by atoms with Crippen LogP contribution in [0.1, 0.15) is 46.5 Å². The predicted octanol–water partition coefficient (Wildman–Crippen LogP) is 1.28. The molecule has 0 aromatic heterocycles. The van der Waals surface area contributed by atoms with Gasteiger partial charge in [0.05, 0.1) is 13.0 Å². The molecule has 3 atom stereocenters. The molecule has 0 aromatic carbocycles. The van der Waals surface area contributed by atoms with E-state index < -0.39 is 17.4 Å². The molecule has 0 bridgehead atoms. The molecule has 3 unspecified atom stereocenters. The second kappa shape index (κ2) is 12.2. The van der Waals surface area contributed by atoms with Gasteiger partial charge in [-0.3, -0.25) is 9.59 Å². The van der Waals surface area contributed by atoms with Gasteiger partial charge in [-0.05, 0) is 37.5 Å². The minimum atomic E-state index is -0.727. The zero-order valence-electron chi connectivity index (χ0n) is 16.3. The molecule has 8 heteroatoms. The summed E-state index contributed by atoms with van der Waals surface area (Å²) in [6.07, 6.45) is 3.75. The molecule has 1 rings (SSSR count). The van der Waals surface area contributed by atoms with Crippen molar-refractivity contribution in [2.45, 2.75) is 57.9 Å². The Morgan fingerprint density at radius 1 is 1.27 bits per heavy atom. The Labute approximate surface area is 160 Å². The van der Waals surface area contributed by atoms with Gasteiger partial charge in [-0.15, -0.1) is 11.8 Å². The zero-order valence-corrected chi connectivity index (χ0v) is 17.1. The van der Waals surface area contributed by atoms with Gasteiger partial charge < -0.3 is 20.7 Å². The van der Waals surface area contributed by atoms with Crippen LogP contribution in [0.2, 0.25) is 0 Å². The molecular formula is C18H33N3O4S. The SMILES string of the molecule is CCCCSC(NC(=O)C1CCCNC1)C(=O)NC(C(=O)OC)C(C)C. The molecule has 0 radical (unpaired) electrons. The molecular weight excluding hydrogens is 354 g/mol. The second-order valence-electron chi connectivity index (χ2n) is 6.91. The first kappa shape index (κ1) is 22.8. The Morgan fingerprint density at radius 3 is 2.54 bits per heavy atom. The van der Waals surface area contributed by atoms with Gasteiger partial charge in [0.2, 0.25) is 5.91 Å². The van der Waals surface area contributed by atoms with E-state index in [0.29, 0.717) is 6.54 Å². The third kappa shape index (κ3) is 7.53. The van der Waals surface area contributed by atoms with Crippen LogP contribution in [0.25, 0.3) is 0 Å². The van der Waals surface area contributed by atoms with Crippen molar-refractivity contribution in [2.75, 3.05) is 26.0 Å². The highest BCUT2D eigenvalue weighted by molar-refractivity contribution is 8.00. The highest BCUT2D eigenvalue weighted by atomic mass is 32.2. The van der Waals surface area contributed by atoms with E-state index in [0.717, 1.165) is 38.0 Å². The molecule has 2 amide bonds. The van der Waals surface area contributed by atoms with Gasteiger partial charge in [0, 0.05) is 6.54 Å². The van der Waals surface area contributed by atoms with Crippen molar-refractivity contribution in [1.29, 1.82) is 0 Å². The van der Waals surface area contributed by atoms with Gasteiger partial charge >= 0.3 is 5.97 Å². The summed E-state index contributed by atoms with van der Waals surface area (Å²) in [5.41, 5.74) is 0. The van der Waals surface area contributed by atoms with Crippen LogP contribution in [0.5, 0.6) is 0 Å². The lowest BCUT2D eigenvalue weighted by Crippen LogP contribution is -2.53. The number of carbonyl (C=O) groups is 3. The lowest BCUT2D eigenvalue weighted by Gasteiger charge is -2.27. The lowest BCUT2D eigenvalue weighted by molar-refractivity contribution is -0.146. The summed E-state index contributed by atoms with van der Waals surface area (Å²) in [5.74, 6) is -0.401. The second-order valence-corrected chi connectivity index (χ2v) is 8.12. The molecule has 1 saturated heterocycles. The normalized spacial score (nSPS) is 19.5. The number of methoxy groups -OCH3 is 1. The molecule has 3 N–H and O–H groups in total. The Morgan fingerprint density at radius 2 is 2.00 bits per heavy atom. The van der Waals surface area contributed by atoms with E-state index in [9.17, 15) is 14.4 Å². The summed E-state index contributed by atoms with van der Waals surface area (Å²) in [6, 6.07) is -0.727. The van der Waals surface area contributed by atoms with Crippen LogP contribution < -0.4 is 16.0 Å². The van der Waals surface area contributed by atoms with Gasteiger partial charge in [0.25, 0.3) is 5.91 Å². The predicted molar refractivity (Wildman–Crippen MR) is 104 cm³/mol. The summed E-state index contributed by atoms with van der Waals surface area (Å²) in [5, 5.41) is 8.11. The molecule has 7 nitrogen and oxygen atoms in total. The van der Waals surface area contributed by atoms with E-state index in [1.54, 1.807) is 0 Å². The van der Waals surface area contributed by atoms with Crippen LogP contribution in [0.4, 0.5) is 0 Å². The molecule has 1 aliphatic rings. The average molecular weight is 388 g/mol. The van der Waals surface area contributed by atoms with Gasteiger partial charge in [-0.1, -0.05) is 27.2 Å². The lowest BCUT2D eigenvalue weighted by atomic mass is 9.99. The van der Waals surface area contributed by atoms with E-state index in [1.165, 1.54) is 18.9 Å². The van der Waals surface area contributed by atoms with Crippen molar-refractivity contribution >= 4 is 29.5 Å². The summed E-state index contributed by atoms with van der Waals surface area (Å²) in [7, 11) is 1.30. The maximum atomic E-state index is 12.7. The number of hydrogen-bond donors (Lipinski definition) is 3. The molecule has 0 aliphatic carbocycles. The molecule has 0 saturated carbocycles. The number of piperidine rings is 1. The quantitative estimate of drug-likeness (QED) is 0.297. The first-order valence-corrected chi connectivity index (χ1v) is 10.5. The third-order valence-electron chi connectivity index (χ3n) is 4.38. The summed E-state index contributed by atoms with van der Waals surface area (Å²) >= 11 is 1.40. The minimum absolute atomic E-state index is 0.106. The highest BCUT2D eigenvalue weighted by Gasteiger charge is 2.31. The third-order valence-corrected chi connectivity index (χ3v) is 5.57. The van der Waals surface area contributed by atoms with E-state index in [2.05, 4.69) is 22.9 Å². The number of amides is 2. The molecule has 26 heavy (non-hydrogen) atoms. The minimum Gasteiger partial charge on any atom is -0.467 e. The molecule has 0 aromatic rings. The van der Waals surface area contributed by atoms with Crippen molar-refractivity contribution in [3.63, 3.8) is 0 Å². The van der Waals surface area contributed by atoms with Crippen LogP contribution in [0.15, 0.2) is 0 Å². The topological polar surface area (TPSA) is 96.5 Å². The largest absolute Gasteiger partial charge is 0.467 e. The van der Waals surface area contributed by atoms with Gasteiger partial charge in [0.15, 0.2) is 5.37 Å². The monoisotopic (exact) mass is 387 g/mol. The fourth-order valence-corrected chi connectivity index (χ4v) is 3.81. The summed E-state index contributed by atoms with van der Waals surface area (Å²) < 4.78 is 4.77. The first-order chi connectivity index (χ1) is 12.4. The van der Waals surface area contributed by atoms with Gasteiger partial charge in [0.1, 0.15) is 6.04 Å². The number of ether oxygens (including phenoxy) is 1. The van der Waals surface area contributed by atoms with Crippen molar-refractivity contribution in [3.8, 4) is 0 Å².